The predicted molar refractivity (Wildman–Crippen MR) is 134 cm³/mol. The van der Waals surface area contributed by atoms with E-state index in [2.05, 4.69) is 15.7 Å². The molecule has 2 aliphatic heterocycles. The average molecular weight is 467 g/mol. The van der Waals surface area contributed by atoms with E-state index in [0.29, 0.717) is 5.69 Å². The molecule has 3 amide bonds. The van der Waals surface area contributed by atoms with Crippen LogP contribution in [0.3, 0.4) is 0 Å². The summed E-state index contributed by atoms with van der Waals surface area (Å²) >= 11 is 0. The first-order valence-corrected chi connectivity index (χ1v) is 11.6. The average Bonchev–Trinajstić information content (AvgIpc) is 3.20. The summed E-state index contributed by atoms with van der Waals surface area (Å²) < 4.78 is 0. The lowest BCUT2D eigenvalue weighted by Gasteiger charge is -2.27. The molecule has 0 aliphatic carbocycles. The summed E-state index contributed by atoms with van der Waals surface area (Å²) in [5, 5.41) is 5.67. The van der Waals surface area contributed by atoms with Crippen molar-refractivity contribution in [1.82, 2.24) is 10.7 Å². The lowest BCUT2D eigenvalue weighted by molar-refractivity contribution is -0.131. The lowest BCUT2D eigenvalue weighted by atomic mass is 9.92. The van der Waals surface area contributed by atoms with Gasteiger partial charge in [-0.1, -0.05) is 60.7 Å². The highest BCUT2D eigenvalue weighted by atomic mass is 16.2. The Morgan fingerprint density at radius 1 is 0.971 bits per heavy atom. The zero-order valence-electron chi connectivity index (χ0n) is 19.8. The molecule has 0 saturated carbocycles. The molecule has 2 heterocycles. The van der Waals surface area contributed by atoms with Gasteiger partial charge in [-0.25, -0.2) is 5.01 Å². The number of hydrazine groups is 1. The molecule has 2 aliphatic rings. The number of hydrogen-bond donors (Lipinski definition) is 2. The fraction of sp³-hybridized carbons (Fsp3) is 0.214. The van der Waals surface area contributed by atoms with Crippen molar-refractivity contribution in [2.24, 2.45) is 4.99 Å². The molecular formula is C28H26N4O3. The third-order valence-electron chi connectivity index (χ3n) is 6.60. The topological polar surface area (TPSA) is 90.9 Å². The SMILES string of the molecule is CC1C(=O)N(NC(=O)[C@H](C)NC(=O)[C@]2(C)C=c3ccccc3=N2)c2ccccc2-c2ccccc21. The Morgan fingerprint density at radius 3 is 2.40 bits per heavy atom. The van der Waals surface area contributed by atoms with Gasteiger partial charge in [0.1, 0.15) is 6.04 Å². The molecule has 0 fully saturated rings. The van der Waals surface area contributed by atoms with Crippen molar-refractivity contribution < 1.29 is 14.4 Å². The van der Waals surface area contributed by atoms with Crippen LogP contribution in [0.4, 0.5) is 5.69 Å². The van der Waals surface area contributed by atoms with E-state index in [1.54, 1.807) is 26.0 Å². The maximum absolute atomic E-state index is 13.4. The van der Waals surface area contributed by atoms with Gasteiger partial charge in [0.15, 0.2) is 5.54 Å². The molecule has 176 valence electrons. The van der Waals surface area contributed by atoms with Crippen LogP contribution < -0.4 is 26.3 Å². The van der Waals surface area contributed by atoms with Crippen molar-refractivity contribution in [3.8, 4) is 11.1 Å². The summed E-state index contributed by atoms with van der Waals surface area (Å²) in [6, 6.07) is 21.8. The third-order valence-corrected chi connectivity index (χ3v) is 6.60. The van der Waals surface area contributed by atoms with Crippen LogP contribution in [0.25, 0.3) is 17.2 Å². The van der Waals surface area contributed by atoms with E-state index in [1.165, 1.54) is 5.01 Å². The fourth-order valence-electron chi connectivity index (χ4n) is 4.61. The summed E-state index contributed by atoms with van der Waals surface area (Å²) in [5.41, 5.74) is 4.92. The molecule has 7 heteroatoms. The number of anilines is 1. The summed E-state index contributed by atoms with van der Waals surface area (Å²) in [6.45, 7) is 5.12. The first-order chi connectivity index (χ1) is 16.8. The number of fused-ring (bicyclic) bond motifs is 4. The van der Waals surface area contributed by atoms with Gasteiger partial charge in [0.25, 0.3) is 17.7 Å². The number of hydrogen-bond acceptors (Lipinski definition) is 4. The molecule has 0 aromatic heterocycles. The molecule has 1 unspecified atom stereocenters. The highest BCUT2D eigenvalue weighted by Crippen LogP contribution is 2.39. The van der Waals surface area contributed by atoms with Gasteiger partial charge >= 0.3 is 0 Å². The zero-order chi connectivity index (χ0) is 24.7. The molecule has 35 heavy (non-hydrogen) atoms. The van der Waals surface area contributed by atoms with Gasteiger partial charge in [-0.15, -0.1) is 0 Å². The number of para-hydroxylation sites is 2. The third kappa shape index (κ3) is 3.89. The van der Waals surface area contributed by atoms with Crippen LogP contribution in [0, 0.1) is 0 Å². The molecule has 3 aromatic rings. The molecule has 0 saturated heterocycles. The molecule has 7 nitrogen and oxygen atoms in total. The second kappa shape index (κ2) is 8.51. The van der Waals surface area contributed by atoms with Crippen molar-refractivity contribution in [1.29, 1.82) is 0 Å². The van der Waals surface area contributed by atoms with Gasteiger partial charge in [0.2, 0.25) is 0 Å². The van der Waals surface area contributed by atoms with Gasteiger partial charge in [0.05, 0.1) is 17.0 Å². The van der Waals surface area contributed by atoms with Gasteiger partial charge in [-0.2, -0.15) is 0 Å². The highest BCUT2D eigenvalue weighted by molar-refractivity contribution is 6.07. The lowest BCUT2D eigenvalue weighted by Crippen LogP contribution is -2.56. The predicted octanol–water partition coefficient (Wildman–Crippen LogP) is 2.21. The van der Waals surface area contributed by atoms with Crippen LogP contribution in [0.2, 0.25) is 0 Å². The summed E-state index contributed by atoms with van der Waals surface area (Å²) in [4.78, 5) is 44.2. The number of benzene rings is 3. The van der Waals surface area contributed by atoms with Crippen molar-refractivity contribution in [2.75, 3.05) is 5.01 Å². The Balaban J connectivity index is 1.38. The normalized spacial score (nSPS) is 20.8. The van der Waals surface area contributed by atoms with Crippen LogP contribution in [0.1, 0.15) is 32.3 Å². The standard InChI is InChI=1S/C28H26N4O3/c1-17-20-11-5-6-12-21(20)22-13-7-9-15-24(22)32(26(17)34)31-25(33)18(2)29-27(35)28(3)16-19-10-4-8-14-23(19)30-28/h4-18H,1-3H3,(H,29,35)(H,31,33)/t17?,18-,28-/m0/s1. The van der Waals surface area contributed by atoms with Crippen LogP contribution >= 0.6 is 0 Å². The molecule has 0 bridgehead atoms. The van der Waals surface area contributed by atoms with Gasteiger partial charge in [-0.3, -0.25) is 24.8 Å². The second-order valence-corrected chi connectivity index (χ2v) is 9.13. The summed E-state index contributed by atoms with van der Waals surface area (Å²) in [6.07, 6.45) is 1.79. The van der Waals surface area contributed by atoms with Gasteiger partial charge in [-0.05, 0) is 55.3 Å². The Hall–Kier alpha value is -4.26. The van der Waals surface area contributed by atoms with E-state index >= 15 is 0 Å². The minimum atomic E-state index is -1.11. The van der Waals surface area contributed by atoms with Crippen molar-refractivity contribution in [2.45, 2.75) is 38.3 Å². The first kappa shape index (κ1) is 22.5. The number of rotatable bonds is 4. The van der Waals surface area contributed by atoms with E-state index < -0.39 is 23.4 Å². The molecular weight excluding hydrogens is 440 g/mol. The van der Waals surface area contributed by atoms with E-state index in [1.807, 2.05) is 73.7 Å². The number of nitrogens with zero attached hydrogens (tertiary/aromatic N) is 2. The summed E-state index contributed by atoms with van der Waals surface area (Å²) in [5.74, 6) is -1.61. The Kier molecular flexibility index (Phi) is 5.47. The number of carbonyl (C=O) groups is 3. The van der Waals surface area contributed by atoms with Gasteiger partial charge < -0.3 is 5.32 Å². The van der Waals surface area contributed by atoms with Gasteiger partial charge in [0, 0.05) is 5.56 Å². The summed E-state index contributed by atoms with van der Waals surface area (Å²) in [7, 11) is 0. The number of nitrogens with one attached hydrogen (secondary N) is 2. The molecule has 0 radical (unpaired) electrons. The minimum Gasteiger partial charge on any atom is -0.342 e. The molecule has 2 N–H and O–H groups in total. The minimum absolute atomic E-state index is 0.254. The monoisotopic (exact) mass is 466 g/mol. The van der Waals surface area contributed by atoms with Crippen LogP contribution in [-0.2, 0) is 14.4 Å². The van der Waals surface area contributed by atoms with E-state index in [4.69, 9.17) is 0 Å². The number of carbonyl (C=O) groups excluding carboxylic acids is 3. The molecule has 3 aromatic carbocycles. The van der Waals surface area contributed by atoms with E-state index in [-0.39, 0.29) is 11.8 Å². The Morgan fingerprint density at radius 2 is 1.63 bits per heavy atom. The molecule has 3 atom stereocenters. The first-order valence-electron chi connectivity index (χ1n) is 11.6. The highest BCUT2D eigenvalue weighted by Gasteiger charge is 2.36. The Bertz CT molecular complexity index is 1440. The number of amides is 3. The maximum Gasteiger partial charge on any atom is 0.261 e. The van der Waals surface area contributed by atoms with E-state index in [0.717, 1.165) is 27.3 Å². The smallest absolute Gasteiger partial charge is 0.261 e. The molecule has 0 spiro atoms. The second-order valence-electron chi connectivity index (χ2n) is 9.13. The van der Waals surface area contributed by atoms with Crippen molar-refractivity contribution in [3.05, 3.63) is 88.9 Å². The van der Waals surface area contributed by atoms with Crippen LogP contribution in [0.5, 0.6) is 0 Å². The molecule has 5 rings (SSSR count). The van der Waals surface area contributed by atoms with Crippen LogP contribution in [-0.4, -0.2) is 29.3 Å². The van der Waals surface area contributed by atoms with E-state index in [9.17, 15) is 14.4 Å². The van der Waals surface area contributed by atoms with Crippen molar-refractivity contribution >= 4 is 29.5 Å². The Labute approximate surface area is 203 Å². The quantitative estimate of drug-likeness (QED) is 0.618. The zero-order valence-corrected chi connectivity index (χ0v) is 19.8. The fourth-order valence-corrected chi connectivity index (χ4v) is 4.61. The van der Waals surface area contributed by atoms with Crippen LogP contribution in [0.15, 0.2) is 77.8 Å². The van der Waals surface area contributed by atoms with Crippen molar-refractivity contribution in [3.63, 3.8) is 0 Å². The maximum atomic E-state index is 13.4. The largest absolute Gasteiger partial charge is 0.342 e.